The Labute approximate surface area is 141 Å². The van der Waals surface area contributed by atoms with Gasteiger partial charge >= 0.3 is 5.97 Å². The standard InChI is InChI=1S/C18H13N3O4/c1-9-6-10-4-2-3-5-13(10)19-15(9)14-7-11-12(17(22)20-14)8-25-18(23)16(11)21-24/h2-7,16H,8H2,1H3,(H,20,22). The Kier molecular flexibility index (Phi) is 3.42. The van der Waals surface area contributed by atoms with E-state index in [0.29, 0.717) is 11.4 Å². The third-order valence-corrected chi connectivity index (χ3v) is 4.32. The van der Waals surface area contributed by atoms with E-state index in [0.717, 1.165) is 16.5 Å². The number of benzene rings is 1. The maximum atomic E-state index is 12.4. The number of rotatable bonds is 2. The van der Waals surface area contributed by atoms with E-state index in [1.807, 2.05) is 37.3 Å². The molecule has 1 N–H and O–H groups in total. The van der Waals surface area contributed by atoms with Gasteiger partial charge in [0.1, 0.15) is 6.61 Å². The summed E-state index contributed by atoms with van der Waals surface area (Å²) in [6.07, 6.45) is 0. The Hall–Kier alpha value is -3.35. The molecule has 0 spiro atoms. The molecule has 3 heterocycles. The highest BCUT2D eigenvalue weighted by molar-refractivity contribution is 5.83. The number of ether oxygens (including phenoxy) is 1. The molecular weight excluding hydrogens is 322 g/mol. The molecule has 0 radical (unpaired) electrons. The maximum absolute atomic E-state index is 12.4. The van der Waals surface area contributed by atoms with E-state index in [1.165, 1.54) is 0 Å². The molecule has 124 valence electrons. The number of aryl methyl sites for hydroxylation is 1. The van der Waals surface area contributed by atoms with E-state index in [-0.39, 0.29) is 17.7 Å². The lowest BCUT2D eigenvalue weighted by molar-refractivity contribution is -0.148. The summed E-state index contributed by atoms with van der Waals surface area (Å²) >= 11 is 0. The number of aromatic nitrogens is 2. The van der Waals surface area contributed by atoms with Gasteiger partial charge in [-0.3, -0.25) is 4.79 Å². The summed E-state index contributed by atoms with van der Waals surface area (Å²) in [7, 11) is 0. The molecule has 0 aliphatic carbocycles. The molecule has 7 nitrogen and oxygen atoms in total. The number of hydrogen-bond acceptors (Lipinski definition) is 6. The van der Waals surface area contributed by atoms with Crippen LogP contribution >= 0.6 is 0 Å². The maximum Gasteiger partial charge on any atom is 0.339 e. The SMILES string of the molecule is Cc1cc2ccccc2nc1-c1cc2c(c(=O)[nH]1)COC(=O)C2N=O. The molecule has 0 saturated carbocycles. The summed E-state index contributed by atoms with van der Waals surface area (Å²) in [6.45, 7) is 1.72. The first-order valence-electron chi connectivity index (χ1n) is 7.70. The molecule has 0 amide bonds. The zero-order valence-corrected chi connectivity index (χ0v) is 13.3. The van der Waals surface area contributed by atoms with Crippen LogP contribution in [0.1, 0.15) is 22.7 Å². The molecule has 1 aromatic carbocycles. The molecule has 1 aliphatic rings. The summed E-state index contributed by atoms with van der Waals surface area (Å²) in [5.74, 6) is -0.748. The molecule has 0 saturated heterocycles. The summed E-state index contributed by atoms with van der Waals surface area (Å²) in [5.41, 5.74) is 2.78. The van der Waals surface area contributed by atoms with Crippen LogP contribution in [-0.4, -0.2) is 15.9 Å². The van der Waals surface area contributed by atoms with Crippen molar-refractivity contribution in [1.29, 1.82) is 0 Å². The van der Waals surface area contributed by atoms with E-state index in [9.17, 15) is 14.5 Å². The molecule has 25 heavy (non-hydrogen) atoms. The van der Waals surface area contributed by atoms with Crippen molar-refractivity contribution >= 4 is 16.9 Å². The zero-order chi connectivity index (χ0) is 17.6. The third kappa shape index (κ3) is 2.40. The van der Waals surface area contributed by atoms with Crippen molar-refractivity contribution in [1.82, 2.24) is 9.97 Å². The van der Waals surface area contributed by atoms with Gasteiger partial charge in [0.2, 0.25) is 6.04 Å². The number of esters is 1. The van der Waals surface area contributed by atoms with Gasteiger partial charge < -0.3 is 9.72 Å². The van der Waals surface area contributed by atoms with Gasteiger partial charge in [-0.25, -0.2) is 9.78 Å². The normalized spacial score (nSPS) is 16.4. The van der Waals surface area contributed by atoms with Crippen LogP contribution in [0.15, 0.2) is 46.4 Å². The number of nitroso groups, excluding NO2 is 1. The minimum absolute atomic E-state index is 0.167. The number of pyridine rings is 2. The quantitative estimate of drug-likeness (QED) is 0.573. The Morgan fingerprint density at radius 1 is 1.24 bits per heavy atom. The van der Waals surface area contributed by atoms with Crippen LogP contribution in [-0.2, 0) is 16.1 Å². The molecular formula is C18H13N3O4. The van der Waals surface area contributed by atoms with E-state index >= 15 is 0 Å². The Balaban J connectivity index is 1.95. The van der Waals surface area contributed by atoms with Gasteiger partial charge in [-0.1, -0.05) is 18.2 Å². The predicted molar refractivity (Wildman–Crippen MR) is 90.9 cm³/mol. The van der Waals surface area contributed by atoms with E-state index in [4.69, 9.17) is 4.74 Å². The lowest BCUT2D eigenvalue weighted by Crippen LogP contribution is -2.28. The minimum atomic E-state index is -1.33. The summed E-state index contributed by atoms with van der Waals surface area (Å²) in [5, 5.41) is 3.81. The summed E-state index contributed by atoms with van der Waals surface area (Å²) in [4.78, 5) is 42.6. The fourth-order valence-corrected chi connectivity index (χ4v) is 3.07. The average molecular weight is 335 g/mol. The second-order valence-corrected chi connectivity index (χ2v) is 5.91. The van der Waals surface area contributed by atoms with Crippen molar-refractivity contribution in [3.05, 3.63) is 68.3 Å². The van der Waals surface area contributed by atoms with Crippen LogP contribution in [0.3, 0.4) is 0 Å². The van der Waals surface area contributed by atoms with Crippen LogP contribution < -0.4 is 5.56 Å². The summed E-state index contributed by atoms with van der Waals surface area (Å²) in [6, 6.07) is 9.87. The number of nitrogens with zero attached hydrogens (tertiary/aromatic N) is 2. The molecule has 4 rings (SSSR count). The van der Waals surface area contributed by atoms with E-state index < -0.39 is 17.6 Å². The van der Waals surface area contributed by atoms with Gasteiger partial charge in [-0.2, -0.15) is 0 Å². The number of hydrogen-bond donors (Lipinski definition) is 1. The minimum Gasteiger partial charge on any atom is -0.459 e. The second-order valence-electron chi connectivity index (χ2n) is 5.91. The molecule has 1 atom stereocenters. The number of para-hydroxylation sites is 1. The predicted octanol–water partition coefficient (Wildman–Crippen LogP) is 2.76. The van der Waals surface area contributed by atoms with E-state index in [2.05, 4.69) is 15.1 Å². The first-order valence-corrected chi connectivity index (χ1v) is 7.70. The van der Waals surface area contributed by atoms with Crippen molar-refractivity contribution in [3.63, 3.8) is 0 Å². The first-order chi connectivity index (χ1) is 12.1. The van der Waals surface area contributed by atoms with Crippen molar-refractivity contribution < 1.29 is 9.53 Å². The van der Waals surface area contributed by atoms with Crippen LogP contribution in [0.4, 0.5) is 0 Å². The second kappa shape index (κ2) is 5.62. The average Bonchev–Trinajstić information content (AvgIpc) is 2.60. The topological polar surface area (TPSA) is 101 Å². The number of H-pyrrole nitrogens is 1. The summed E-state index contributed by atoms with van der Waals surface area (Å²) < 4.78 is 4.85. The van der Waals surface area contributed by atoms with Crippen LogP contribution in [0.2, 0.25) is 0 Å². The molecule has 0 bridgehead atoms. The highest BCUT2D eigenvalue weighted by atomic mass is 16.5. The van der Waals surface area contributed by atoms with Gasteiger partial charge in [0.05, 0.1) is 22.5 Å². The smallest absolute Gasteiger partial charge is 0.339 e. The highest BCUT2D eigenvalue weighted by Gasteiger charge is 2.33. The number of fused-ring (bicyclic) bond motifs is 2. The van der Waals surface area contributed by atoms with Crippen molar-refractivity contribution in [2.24, 2.45) is 5.18 Å². The molecule has 0 fully saturated rings. The number of carbonyl (C=O) groups is 1. The number of nitrogens with one attached hydrogen (secondary N) is 1. The number of cyclic esters (lactones) is 1. The zero-order valence-electron chi connectivity index (χ0n) is 13.3. The molecule has 1 unspecified atom stereocenters. The molecule has 1 aliphatic heterocycles. The van der Waals surface area contributed by atoms with Gasteiger partial charge in [0, 0.05) is 10.9 Å². The van der Waals surface area contributed by atoms with Crippen molar-refractivity contribution in [2.45, 2.75) is 19.6 Å². The lowest BCUT2D eigenvalue weighted by Gasteiger charge is -2.20. The molecule has 2 aromatic heterocycles. The highest BCUT2D eigenvalue weighted by Crippen LogP contribution is 2.30. The van der Waals surface area contributed by atoms with Crippen molar-refractivity contribution in [3.8, 4) is 11.4 Å². The van der Waals surface area contributed by atoms with Gasteiger partial charge in [0.25, 0.3) is 5.56 Å². The molecule has 7 heteroatoms. The van der Waals surface area contributed by atoms with Crippen LogP contribution in [0.25, 0.3) is 22.3 Å². The monoisotopic (exact) mass is 335 g/mol. The van der Waals surface area contributed by atoms with E-state index in [1.54, 1.807) is 6.07 Å². The lowest BCUT2D eigenvalue weighted by atomic mass is 9.98. The van der Waals surface area contributed by atoms with Crippen LogP contribution in [0.5, 0.6) is 0 Å². The van der Waals surface area contributed by atoms with Crippen molar-refractivity contribution in [2.75, 3.05) is 0 Å². The van der Waals surface area contributed by atoms with Crippen LogP contribution in [0, 0.1) is 11.8 Å². The fourth-order valence-electron chi connectivity index (χ4n) is 3.07. The fraction of sp³-hybridized carbons (Fsp3) is 0.167. The van der Waals surface area contributed by atoms with Gasteiger partial charge in [0.15, 0.2) is 0 Å². The van der Waals surface area contributed by atoms with Gasteiger partial charge in [-0.05, 0) is 35.9 Å². The molecule has 3 aromatic rings. The van der Waals surface area contributed by atoms with Gasteiger partial charge in [-0.15, -0.1) is 4.91 Å². The Morgan fingerprint density at radius 3 is 2.84 bits per heavy atom. The number of aromatic amines is 1. The first kappa shape index (κ1) is 15.2. The Bertz CT molecular complexity index is 1090. The Morgan fingerprint density at radius 2 is 2.04 bits per heavy atom. The third-order valence-electron chi connectivity index (χ3n) is 4.32. The largest absolute Gasteiger partial charge is 0.459 e. The number of carbonyl (C=O) groups excluding carboxylic acids is 1.